The monoisotopic (exact) mass is 418 g/mol. The number of aromatic nitrogens is 2. The number of carbonyl (C=O) groups is 2. The van der Waals surface area contributed by atoms with Crippen molar-refractivity contribution in [2.24, 2.45) is 5.73 Å². The molecule has 0 radical (unpaired) electrons. The number of nitrogens with zero attached hydrogens (tertiary/aromatic N) is 2. The van der Waals surface area contributed by atoms with Crippen molar-refractivity contribution in [3.63, 3.8) is 0 Å². The van der Waals surface area contributed by atoms with Crippen molar-refractivity contribution >= 4 is 11.8 Å². The van der Waals surface area contributed by atoms with Gasteiger partial charge < -0.3 is 15.8 Å². The standard InChI is InChI=1S/C24H26N4O3/c1-15-5-3-4-6-20(15)24(30)26-13-17-7-9-18(10-8-17)22-21(23(25)29)16(2)28(27-22)19-11-12-31-14-19/h3-10,19H,11-14H2,1-2H3,(H2,25,29)(H,26,30)/t19-/m0/s1. The minimum atomic E-state index is -0.493. The molecule has 0 saturated carbocycles. The molecule has 1 aliphatic heterocycles. The van der Waals surface area contributed by atoms with Crippen molar-refractivity contribution < 1.29 is 14.3 Å². The second-order valence-corrected chi connectivity index (χ2v) is 7.83. The van der Waals surface area contributed by atoms with E-state index in [-0.39, 0.29) is 11.9 Å². The van der Waals surface area contributed by atoms with Crippen molar-refractivity contribution in [2.75, 3.05) is 13.2 Å². The fourth-order valence-corrected chi connectivity index (χ4v) is 3.97. The van der Waals surface area contributed by atoms with Crippen LogP contribution < -0.4 is 11.1 Å². The van der Waals surface area contributed by atoms with Gasteiger partial charge in [0.15, 0.2) is 0 Å². The number of hydrogen-bond donors (Lipinski definition) is 2. The van der Waals surface area contributed by atoms with Crippen molar-refractivity contribution in [3.05, 3.63) is 76.5 Å². The minimum Gasteiger partial charge on any atom is -0.379 e. The Morgan fingerprint density at radius 3 is 2.55 bits per heavy atom. The normalized spacial score (nSPS) is 15.7. The number of benzene rings is 2. The predicted molar refractivity (Wildman–Crippen MR) is 118 cm³/mol. The van der Waals surface area contributed by atoms with Crippen LogP contribution in [0.25, 0.3) is 11.3 Å². The fourth-order valence-electron chi connectivity index (χ4n) is 3.97. The lowest BCUT2D eigenvalue weighted by molar-refractivity contribution is 0.0949. The van der Waals surface area contributed by atoms with E-state index in [1.165, 1.54) is 0 Å². The Labute approximate surface area is 181 Å². The summed E-state index contributed by atoms with van der Waals surface area (Å²) in [7, 11) is 0. The van der Waals surface area contributed by atoms with Crippen LogP contribution in [0.4, 0.5) is 0 Å². The first kappa shape index (κ1) is 20.8. The Balaban J connectivity index is 1.53. The quantitative estimate of drug-likeness (QED) is 0.642. The zero-order chi connectivity index (χ0) is 22.0. The smallest absolute Gasteiger partial charge is 0.252 e. The number of rotatable bonds is 6. The van der Waals surface area contributed by atoms with Gasteiger partial charge in [-0.25, -0.2) is 0 Å². The van der Waals surface area contributed by atoms with Crippen LogP contribution in [0.3, 0.4) is 0 Å². The molecule has 31 heavy (non-hydrogen) atoms. The van der Waals surface area contributed by atoms with Gasteiger partial charge in [0.1, 0.15) is 5.69 Å². The summed E-state index contributed by atoms with van der Waals surface area (Å²) >= 11 is 0. The Hall–Kier alpha value is -3.45. The molecule has 2 aromatic carbocycles. The maximum absolute atomic E-state index is 12.4. The molecule has 1 aliphatic rings. The highest BCUT2D eigenvalue weighted by atomic mass is 16.5. The van der Waals surface area contributed by atoms with E-state index in [1.54, 1.807) is 0 Å². The largest absolute Gasteiger partial charge is 0.379 e. The molecule has 1 fully saturated rings. The molecule has 7 heteroatoms. The van der Waals surface area contributed by atoms with E-state index >= 15 is 0 Å². The number of nitrogens with two attached hydrogens (primary N) is 1. The molecule has 1 aromatic heterocycles. The molecule has 3 N–H and O–H groups in total. The predicted octanol–water partition coefficient (Wildman–Crippen LogP) is 3.16. The summed E-state index contributed by atoms with van der Waals surface area (Å²) < 4.78 is 7.33. The lowest BCUT2D eigenvalue weighted by atomic mass is 10.0. The van der Waals surface area contributed by atoms with Crippen molar-refractivity contribution in [1.29, 1.82) is 0 Å². The van der Waals surface area contributed by atoms with Gasteiger partial charge in [-0.1, -0.05) is 42.5 Å². The van der Waals surface area contributed by atoms with Crippen LogP contribution in [0.15, 0.2) is 48.5 Å². The highest BCUT2D eigenvalue weighted by Gasteiger charge is 2.26. The maximum atomic E-state index is 12.4. The van der Waals surface area contributed by atoms with Gasteiger partial charge in [-0.2, -0.15) is 5.10 Å². The van der Waals surface area contributed by atoms with Gasteiger partial charge in [0.2, 0.25) is 0 Å². The molecular formula is C24H26N4O3. The average Bonchev–Trinajstić information content (AvgIpc) is 3.40. The molecule has 4 rings (SSSR count). The summed E-state index contributed by atoms with van der Waals surface area (Å²) in [6, 6.07) is 15.3. The molecule has 0 aliphatic carbocycles. The lowest BCUT2D eigenvalue weighted by Gasteiger charge is -2.10. The van der Waals surface area contributed by atoms with Crippen LogP contribution >= 0.6 is 0 Å². The summed E-state index contributed by atoms with van der Waals surface area (Å²) in [5.74, 6) is -0.599. The van der Waals surface area contributed by atoms with Crippen LogP contribution in [0.2, 0.25) is 0 Å². The molecule has 1 saturated heterocycles. The Kier molecular flexibility index (Phi) is 5.86. The van der Waals surface area contributed by atoms with Crippen LogP contribution in [0.5, 0.6) is 0 Å². The number of ether oxygens (including phenoxy) is 1. The molecule has 160 valence electrons. The Bertz CT molecular complexity index is 1110. The number of hydrogen-bond acceptors (Lipinski definition) is 4. The molecular weight excluding hydrogens is 392 g/mol. The number of amides is 2. The van der Waals surface area contributed by atoms with E-state index in [9.17, 15) is 9.59 Å². The first-order chi connectivity index (χ1) is 15.0. The summed E-state index contributed by atoms with van der Waals surface area (Å²) in [4.78, 5) is 24.6. The minimum absolute atomic E-state index is 0.105. The van der Waals surface area contributed by atoms with Crippen LogP contribution in [-0.2, 0) is 11.3 Å². The first-order valence-electron chi connectivity index (χ1n) is 10.4. The summed E-state index contributed by atoms with van der Waals surface area (Å²) in [5, 5.41) is 7.65. The van der Waals surface area contributed by atoms with Crippen LogP contribution in [0, 0.1) is 13.8 Å². The zero-order valence-electron chi connectivity index (χ0n) is 17.7. The van der Waals surface area contributed by atoms with Crippen molar-refractivity contribution in [2.45, 2.75) is 32.9 Å². The van der Waals surface area contributed by atoms with Gasteiger partial charge in [-0.3, -0.25) is 14.3 Å². The van der Waals surface area contributed by atoms with E-state index < -0.39 is 5.91 Å². The molecule has 1 atom stereocenters. The van der Waals surface area contributed by atoms with Gasteiger partial charge in [0.25, 0.3) is 11.8 Å². The summed E-state index contributed by atoms with van der Waals surface area (Å²) in [5.41, 5.74) is 10.8. The number of carbonyl (C=O) groups excluding carboxylic acids is 2. The number of nitrogens with one attached hydrogen (secondary N) is 1. The van der Waals surface area contributed by atoms with E-state index in [4.69, 9.17) is 15.6 Å². The Morgan fingerprint density at radius 1 is 1.16 bits per heavy atom. The van der Waals surface area contributed by atoms with Gasteiger partial charge in [0.05, 0.1) is 18.2 Å². The van der Waals surface area contributed by atoms with Crippen LogP contribution in [-0.4, -0.2) is 34.8 Å². The molecule has 0 bridgehead atoms. The molecule has 2 heterocycles. The SMILES string of the molecule is Cc1ccccc1C(=O)NCc1ccc(-c2nn([C@H]3CCOC3)c(C)c2C(N)=O)cc1. The second kappa shape index (κ2) is 8.73. The van der Waals surface area contributed by atoms with Crippen LogP contribution in [0.1, 0.15) is 50.0 Å². The number of primary amides is 1. The van der Waals surface area contributed by atoms with Crippen molar-refractivity contribution in [1.82, 2.24) is 15.1 Å². The third-order valence-corrected chi connectivity index (χ3v) is 5.72. The van der Waals surface area contributed by atoms with Gasteiger partial charge in [-0.15, -0.1) is 0 Å². The van der Waals surface area contributed by atoms with E-state index in [0.717, 1.165) is 28.8 Å². The molecule has 7 nitrogen and oxygen atoms in total. The van der Waals surface area contributed by atoms with Gasteiger partial charge >= 0.3 is 0 Å². The van der Waals surface area contributed by atoms with Gasteiger partial charge in [0, 0.05) is 30.0 Å². The van der Waals surface area contributed by atoms with Gasteiger partial charge in [-0.05, 0) is 37.5 Å². The maximum Gasteiger partial charge on any atom is 0.252 e. The van der Waals surface area contributed by atoms with Crippen molar-refractivity contribution in [3.8, 4) is 11.3 Å². The molecule has 0 spiro atoms. The fraction of sp³-hybridized carbons (Fsp3) is 0.292. The lowest BCUT2D eigenvalue weighted by Crippen LogP contribution is -2.23. The average molecular weight is 418 g/mol. The molecule has 2 amide bonds. The number of aryl methyl sites for hydroxylation is 1. The highest BCUT2D eigenvalue weighted by Crippen LogP contribution is 2.29. The molecule has 0 unspecified atom stereocenters. The zero-order valence-corrected chi connectivity index (χ0v) is 17.7. The topological polar surface area (TPSA) is 99.2 Å². The first-order valence-corrected chi connectivity index (χ1v) is 10.4. The Morgan fingerprint density at radius 2 is 1.90 bits per heavy atom. The van der Waals surface area contributed by atoms with E-state index in [0.29, 0.717) is 36.6 Å². The molecule has 3 aromatic rings. The summed E-state index contributed by atoms with van der Waals surface area (Å²) in [6.45, 7) is 5.46. The highest BCUT2D eigenvalue weighted by molar-refractivity contribution is 6.00. The second-order valence-electron chi connectivity index (χ2n) is 7.83. The third kappa shape index (κ3) is 4.22. The van der Waals surface area contributed by atoms with E-state index in [1.807, 2.05) is 67.1 Å². The summed E-state index contributed by atoms with van der Waals surface area (Å²) in [6.07, 6.45) is 0.861. The third-order valence-electron chi connectivity index (χ3n) is 5.72. The van der Waals surface area contributed by atoms with E-state index in [2.05, 4.69) is 5.32 Å².